The minimum atomic E-state index is -0.272. The quantitative estimate of drug-likeness (QED) is 0.832. The summed E-state index contributed by atoms with van der Waals surface area (Å²) in [6.45, 7) is 8.36. The molecular formula is C22H26N2O4. The van der Waals surface area contributed by atoms with Gasteiger partial charge in [-0.2, -0.15) is 0 Å². The molecule has 1 atom stereocenters. The van der Waals surface area contributed by atoms with E-state index in [1.54, 1.807) is 12.1 Å². The van der Waals surface area contributed by atoms with Gasteiger partial charge in [-0.3, -0.25) is 9.59 Å². The molecule has 3 rings (SSSR count). The van der Waals surface area contributed by atoms with Gasteiger partial charge < -0.3 is 20.1 Å². The number of carbonyl (C=O) groups is 2. The first-order valence-corrected chi connectivity index (χ1v) is 9.32. The highest BCUT2D eigenvalue weighted by molar-refractivity contribution is 5.96. The molecule has 0 saturated carbocycles. The molecule has 28 heavy (non-hydrogen) atoms. The first-order valence-electron chi connectivity index (χ1n) is 9.32. The molecule has 0 aliphatic carbocycles. The summed E-state index contributed by atoms with van der Waals surface area (Å²) in [6.07, 6.45) is 0. The number of hydrogen-bond donors (Lipinski definition) is 2. The lowest BCUT2D eigenvalue weighted by molar-refractivity contribution is -0.120. The predicted molar refractivity (Wildman–Crippen MR) is 107 cm³/mol. The topological polar surface area (TPSA) is 76.7 Å². The zero-order valence-electron chi connectivity index (χ0n) is 16.7. The first-order chi connectivity index (χ1) is 13.2. The highest BCUT2D eigenvalue weighted by Crippen LogP contribution is 2.34. The van der Waals surface area contributed by atoms with E-state index in [0.717, 1.165) is 11.1 Å². The van der Waals surface area contributed by atoms with E-state index >= 15 is 0 Å². The zero-order chi connectivity index (χ0) is 20.3. The van der Waals surface area contributed by atoms with E-state index in [1.807, 2.05) is 37.3 Å². The Kier molecular flexibility index (Phi) is 5.58. The average Bonchev–Trinajstić information content (AvgIpc) is 3.13. The van der Waals surface area contributed by atoms with E-state index in [0.29, 0.717) is 17.1 Å². The third-order valence-electron chi connectivity index (χ3n) is 4.70. The molecule has 2 N–H and O–H groups in total. The van der Waals surface area contributed by atoms with Crippen LogP contribution in [0.3, 0.4) is 0 Å². The smallest absolute Gasteiger partial charge is 0.251 e. The SMILES string of the molecule is CC(NC(=O)CNC(=O)c1ccc(C(C)(C)C)cc1)c1ccc2c(c1)OCO2. The number of rotatable bonds is 5. The van der Waals surface area contributed by atoms with E-state index in [1.165, 1.54) is 0 Å². The van der Waals surface area contributed by atoms with Crippen LogP contribution in [0.25, 0.3) is 0 Å². The van der Waals surface area contributed by atoms with Gasteiger partial charge in [0.15, 0.2) is 11.5 Å². The summed E-state index contributed by atoms with van der Waals surface area (Å²) in [5, 5.41) is 5.53. The van der Waals surface area contributed by atoms with Crippen molar-refractivity contribution in [2.75, 3.05) is 13.3 Å². The van der Waals surface area contributed by atoms with Crippen molar-refractivity contribution in [2.24, 2.45) is 0 Å². The zero-order valence-corrected chi connectivity index (χ0v) is 16.7. The van der Waals surface area contributed by atoms with Crippen molar-refractivity contribution in [1.29, 1.82) is 0 Å². The fourth-order valence-corrected chi connectivity index (χ4v) is 2.94. The van der Waals surface area contributed by atoms with Crippen LogP contribution in [0.15, 0.2) is 42.5 Å². The summed E-state index contributed by atoms with van der Waals surface area (Å²) in [6, 6.07) is 12.8. The molecule has 1 aliphatic rings. The Balaban J connectivity index is 1.51. The van der Waals surface area contributed by atoms with Crippen LogP contribution in [-0.4, -0.2) is 25.2 Å². The molecule has 1 aliphatic heterocycles. The second kappa shape index (κ2) is 7.92. The number of hydrogen-bond acceptors (Lipinski definition) is 4. The number of nitrogens with one attached hydrogen (secondary N) is 2. The van der Waals surface area contributed by atoms with Crippen molar-refractivity contribution >= 4 is 11.8 Å². The predicted octanol–water partition coefficient (Wildman–Crippen LogP) is 3.32. The molecule has 1 unspecified atom stereocenters. The maximum Gasteiger partial charge on any atom is 0.251 e. The van der Waals surface area contributed by atoms with E-state index in [9.17, 15) is 9.59 Å². The summed E-state index contributed by atoms with van der Waals surface area (Å²) < 4.78 is 10.6. The van der Waals surface area contributed by atoms with Gasteiger partial charge in [0, 0.05) is 5.56 Å². The molecule has 0 fully saturated rings. The van der Waals surface area contributed by atoms with Gasteiger partial charge in [-0.15, -0.1) is 0 Å². The molecule has 148 valence electrons. The van der Waals surface area contributed by atoms with Gasteiger partial charge in [0.05, 0.1) is 12.6 Å². The Morgan fingerprint density at radius 3 is 2.39 bits per heavy atom. The van der Waals surface area contributed by atoms with Crippen molar-refractivity contribution in [3.63, 3.8) is 0 Å². The van der Waals surface area contributed by atoms with Crippen molar-refractivity contribution in [2.45, 2.75) is 39.2 Å². The van der Waals surface area contributed by atoms with E-state index in [4.69, 9.17) is 9.47 Å². The third-order valence-corrected chi connectivity index (χ3v) is 4.70. The lowest BCUT2D eigenvalue weighted by Crippen LogP contribution is -2.38. The summed E-state index contributed by atoms with van der Waals surface area (Å²) in [7, 11) is 0. The Morgan fingerprint density at radius 2 is 1.71 bits per heavy atom. The lowest BCUT2D eigenvalue weighted by Gasteiger charge is -2.19. The summed E-state index contributed by atoms with van der Waals surface area (Å²) in [4.78, 5) is 24.5. The van der Waals surface area contributed by atoms with E-state index in [2.05, 4.69) is 31.4 Å². The van der Waals surface area contributed by atoms with Crippen LogP contribution in [0.1, 0.15) is 55.2 Å². The molecule has 6 nitrogen and oxygen atoms in total. The maximum atomic E-state index is 12.3. The van der Waals surface area contributed by atoms with Crippen LogP contribution >= 0.6 is 0 Å². The highest BCUT2D eigenvalue weighted by Gasteiger charge is 2.18. The van der Waals surface area contributed by atoms with Crippen LogP contribution in [-0.2, 0) is 10.2 Å². The average molecular weight is 382 g/mol. The number of carbonyl (C=O) groups excluding carboxylic acids is 2. The highest BCUT2D eigenvalue weighted by atomic mass is 16.7. The molecular weight excluding hydrogens is 356 g/mol. The summed E-state index contributed by atoms with van der Waals surface area (Å²) in [5.41, 5.74) is 2.62. The maximum absolute atomic E-state index is 12.3. The van der Waals surface area contributed by atoms with Crippen molar-refractivity contribution < 1.29 is 19.1 Å². The normalized spacial score (nSPS) is 13.7. The molecule has 2 aromatic carbocycles. The first kappa shape index (κ1) is 19.7. The van der Waals surface area contributed by atoms with Gasteiger partial charge in [-0.05, 0) is 47.7 Å². The van der Waals surface area contributed by atoms with Crippen molar-refractivity contribution in [3.05, 3.63) is 59.2 Å². The van der Waals surface area contributed by atoms with Gasteiger partial charge in [0.2, 0.25) is 12.7 Å². The molecule has 0 aromatic heterocycles. The lowest BCUT2D eigenvalue weighted by atomic mass is 9.87. The van der Waals surface area contributed by atoms with Gasteiger partial charge >= 0.3 is 0 Å². The molecule has 2 aromatic rings. The van der Waals surface area contributed by atoms with Crippen LogP contribution in [0.4, 0.5) is 0 Å². The molecule has 6 heteroatoms. The Hall–Kier alpha value is -3.02. The monoisotopic (exact) mass is 382 g/mol. The second-order valence-corrected chi connectivity index (χ2v) is 7.91. The van der Waals surface area contributed by atoms with Crippen LogP contribution in [0, 0.1) is 0 Å². The van der Waals surface area contributed by atoms with E-state index < -0.39 is 0 Å². The number of fused-ring (bicyclic) bond motifs is 1. The van der Waals surface area contributed by atoms with Gasteiger partial charge in [-0.1, -0.05) is 39.0 Å². The third kappa shape index (κ3) is 4.63. The Morgan fingerprint density at radius 1 is 1.04 bits per heavy atom. The van der Waals surface area contributed by atoms with Crippen molar-refractivity contribution in [1.82, 2.24) is 10.6 Å². The molecule has 0 radical (unpaired) electrons. The van der Waals surface area contributed by atoms with Gasteiger partial charge in [0.25, 0.3) is 5.91 Å². The second-order valence-electron chi connectivity index (χ2n) is 7.91. The Labute approximate surface area is 165 Å². The largest absolute Gasteiger partial charge is 0.454 e. The summed E-state index contributed by atoms with van der Waals surface area (Å²) >= 11 is 0. The molecule has 0 bridgehead atoms. The number of ether oxygens (including phenoxy) is 2. The Bertz CT molecular complexity index is 869. The minimum absolute atomic E-state index is 0.0275. The molecule has 0 spiro atoms. The van der Waals surface area contributed by atoms with Gasteiger partial charge in [-0.25, -0.2) is 0 Å². The van der Waals surface area contributed by atoms with Crippen LogP contribution in [0.5, 0.6) is 11.5 Å². The van der Waals surface area contributed by atoms with Crippen molar-refractivity contribution in [3.8, 4) is 11.5 Å². The van der Waals surface area contributed by atoms with Crippen LogP contribution in [0.2, 0.25) is 0 Å². The minimum Gasteiger partial charge on any atom is -0.454 e. The van der Waals surface area contributed by atoms with E-state index in [-0.39, 0.29) is 36.6 Å². The van der Waals surface area contributed by atoms with Crippen LogP contribution < -0.4 is 20.1 Å². The number of benzene rings is 2. The fraction of sp³-hybridized carbons (Fsp3) is 0.364. The summed E-state index contributed by atoms with van der Waals surface area (Å²) in [5.74, 6) is 0.841. The standard InChI is InChI=1S/C22H26N2O4/c1-14(16-7-10-18-19(11-16)28-13-27-18)24-20(25)12-23-21(26)15-5-8-17(9-6-15)22(2,3)4/h5-11,14H,12-13H2,1-4H3,(H,23,26)(H,24,25). The van der Waals surface area contributed by atoms with Gasteiger partial charge in [0.1, 0.15) is 0 Å². The molecule has 0 saturated heterocycles. The number of amides is 2. The fourth-order valence-electron chi connectivity index (χ4n) is 2.94. The molecule has 1 heterocycles. The molecule has 2 amide bonds.